The summed E-state index contributed by atoms with van der Waals surface area (Å²) in [6.45, 7) is 0.899. The van der Waals surface area contributed by atoms with Crippen LogP contribution in [0.5, 0.6) is 0 Å². The molecule has 5 heteroatoms. The molecule has 0 aromatic heterocycles. The van der Waals surface area contributed by atoms with Gasteiger partial charge in [-0.3, -0.25) is 0 Å². The molecule has 5 N–H and O–H groups in total. The van der Waals surface area contributed by atoms with Crippen LogP contribution in [0.1, 0.15) is 44.1 Å². The standard InChI is InChI=1S/C23H33BN2O2/c25-23(8-4-5-15-24(27)28)21-13-14-22(16-21)26-17-18-9-11-20(12-10-18)19-6-2-1-3-7-19/h1-3,6-7,9-12,21-23,26-28H,4-5,8,13-17,25H2/t21-,22+,23?/m0/s1. The number of rotatable bonds is 10. The van der Waals surface area contributed by atoms with Gasteiger partial charge in [0, 0.05) is 18.6 Å². The molecule has 3 atom stereocenters. The normalized spacial score (nSPS) is 20.2. The van der Waals surface area contributed by atoms with E-state index in [1.54, 1.807) is 0 Å². The number of benzene rings is 2. The quantitative estimate of drug-likeness (QED) is 0.375. The van der Waals surface area contributed by atoms with Crippen LogP contribution in [0.15, 0.2) is 54.6 Å². The third-order valence-electron chi connectivity index (χ3n) is 5.98. The summed E-state index contributed by atoms with van der Waals surface area (Å²) in [5.74, 6) is 0.581. The Morgan fingerprint density at radius 2 is 1.68 bits per heavy atom. The zero-order chi connectivity index (χ0) is 19.8. The molecule has 1 saturated carbocycles. The van der Waals surface area contributed by atoms with E-state index in [2.05, 4.69) is 53.8 Å². The molecule has 2 aromatic rings. The Labute approximate surface area is 169 Å². The third kappa shape index (κ3) is 6.45. The van der Waals surface area contributed by atoms with Crippen LogP contribution in [0.4, 0.5) is 0 Å². The Morgan fingerprint density at radius 3 is 2.39 bits per heavy atom. The van der Waals surface area contributed by atoms with E-state index in [-0.39, 0.29) is 6.04 Å². The highest BCUT2D eigenvalue weighted by atomic mass is 16.4. The molecule has 0 radical (unpaired) electrons. The number of nitrogens with one attached hydrogen (secondary N) is 1. The molecule has 0 heterocycles. The lowest BCUT2D eigenvalue weighted by Crippen LogP contribution is -2.31. The van der Waals surface area contributed by atoms with Gasteiger partial charge in [0.1, 0.15) is 0 Å². The highest BCUT2D eigenvalue weighted by Crippen LogP contribution is 2.30. The summed E-state index contributed by atoms with van der Waals surface area (Å²) in [6.07, 6.45) is 6.76. The van der Waals surface area contributed by atoms with E-state index in [1.165, 1.54) is 29.5 Å². The molecule has 4 nitrogen and oxygen atoms in total. The second-order valence-corrected chi connectivity index (χ2v) is 8.14. The van der Waals surface area contributed by atoms with Crippen LogP contribution < -0.4 is 11.1 Å². The van der Waals surface area contributed by atoms with E-state index in [4.69, 9.17) is 15.8 Å². The Morgan fingerprint density at radius 1 is 0.964 bits per heavy atom. The maximum atomic E-state index is 8.91. The van der Waals surface area contributed by atoms with Crippen molar-refractivity contribution in [3.8, 4) is 11.1 Å². The van der Waals surface area contributed by atoms with Crippen molar-refractivity contribution in [3.63, 3.8) is 0 Å². The second kappa shape index (κ2) is 10.8. The van der Waals surface area contributed by atoms with Crippen molar-refractivity contribution in [2.75, 3.05) is 0 Å². The zero-order valence-corrected chi connectivity index (χ0v) is 16.6. The maximum absolute atomic E-state index is 8.91. The average molecular weight is 380 g/mol. The molecule has 2 aromatic carbocycles. The van der Waals surface area contributed by atoms with Gasteiger partial charge in [0.05, 0.1) is 0 Å². The molecule has 1 unspecified atom stereocenters. The van der Waals surface area contributed by atoms with Crippen LogP contribution >= 0.6 is 0 Å². The fourth-order valence-electron chi connectivity index (χ4n) is 4.24. The summed E-state index contributed by atoms with van der Waals surface area (Å²) < 4.78 is 0. The Kier molecular flexibility index (Phi) is 8.10. The van der Waals surface area contributed by atoms with Gasteiger partial charge in [0.15, 0.2) is 0 Å². The number of unbranched alkanes of at least 4 members (excludes halogenated alkanes) is 1. The molecule has 3 rings (SSSR count). The Hall–Kier alpha value is -1.66. The highest BCUT2D eigenvalue weighted by molar-refractivity contribution is 6.40. The lowest BCUT2D eigenvalue weighted by atomic mass is 9.82. The van der Waals surface area contributed by atoms with E-state index in [0.29, 0.717) is 18.3 Å². The fraction of sp³-hybridized carbons (Fsp3) is 0.478. The molecule has 0 spiro atoms. The Balaban J connectivity index is 1.38. The van der Waals surface area contributed by atoms with Gasteiger partial charge in [-0.15, -0.1) is 0 Å². The van der Waals surface area contributed by atoms with Gasteiger partial charge in [-0.25, -0.2) is 0 Å². The van der Waals surface area contributed by atoms with Gasteiger partial charge in [-0.1, -0.05) is 67.4 Å². The second-order valence-electron chi connectivity index (χ2n) is 8.14. The highest BCUT2D eigenvalue weighted by Gasteiger charge is 2.28. The number of hydrogen-bond donors (Lipinski definition) is 4. The molecule has 0 aliphatic heterocycles. The molecule has 0 amide bonds. The monoisotopic (exact) mass is 380 g/mol. The lowest BCUT2D eigenvalue weighted by molar-refractivity contribution is 0.378. The largest absolute Gasteiger partial charge is 0.451 e. The van der Waals surface area contributed by atoms with Gasteiger partial charge in [-0.2, -0.15) is 0 Å². The summed E-state index contributed by atoms with van der Waals surface area (Å²) in [5.41, 5.74) is 10.2. The summed E-state index contributed by atoms with van der Waals surface area (Å²) >= 11 is 0. The first-order valence-electron chi connectivity index (χ1n) is 10.6. The SMILES string of the molecule is NC(CCCCB(O)O)[C@H]1CC[C@@H](NCc2ccc(-c3ccccc3)cc2)C1. The van der Waals surface area contributed by atoms with Crippen molar-refractivity contribution >= 4 is 7.12 Å². The van der Waals surface area contributed by atoms with Gasteiger partial charge in [0.25, 0.3) is 0 Å². The molecule has 28 heavy (non-hydrogen) atoms. The molecule has 150 valence electrons. The molecular formula is C23H33BN2O2. The molecule has 1 aliphatic carbocycles. The molecule has 0 bridgehead atoms. The van der Waals surface area contributed by atoms with E-state index in [0.717, 1.165) is 32.2 Å². The van der Waals surface area contributed by atoms with Crippen LogP contribution in [0.25, 0.3) is 11.1 Å². The van der Waals surface area contributed by atoms with Crippen molar-refractivity contribution in [2.24, 2.45) is 11.7 Å². The summed E-state index contributed by atoms with van der Waals surface area (Å²) in [4.78, 5) is 0. The molecule has 1 aliphatic rings. The Bertz CT molecular complexity index is 694. The van der Waals surface area contributed by atoms with Crippen LogP contribution in [-0.2, 0) is 6.54 Å². The zero-order valence-electron chi connectivity index (χ0n) is 16.6. The van der Waals surface area contributed by atoms with Crippen LogP contribution in [-0.4, -0.2) is 29.3 Å². The maximum Gasteiger partial charge on any atom is 0.451 e. The lowest BCUT2D eigenvalue weighted by Gasteiger charge is -2.20. The van der Waals surface area contributed by atoms with Crippen molar-refractivity contribution < 1.29 is 10.0 Å². The molecule has 0 saturated heterocycles. The minimum atomic E-state index is -1.18. The van der Waals surface area contributed by atoms with Crippen LogP contribution in [0.2, 0.25) is 6.32 Å². The van der Waals surface area contributed by atoms with Crippen molar-refractivity contribution in [3.05, 3.63) is 60.2 Å². The van der Waals surface area contributed by atoms with Gasteiger partial charge < -0.3 is 21.1 Å². The number of nitrogens with two attached hydrogens (primary N) is 1. The van der Waals surface area contributed by atoms with Gasteiger partial charge in [0.2, 0.25) is 0 Å². The summed E-state index contributed by atoms with van der Waals surface area (Å²) in [5, 5.41) is 21.5. The van der Waals surface area contributed by atoms with Crippen molar-refractivity contribution in [2.45, 2.75) is 63.5 Å². The predicted molar refractivity (Wildman–Crippen MR) is 117 cm³/mol. The van der Waals surface area contributed by atoms with Gasteiger partial charge in [-0.05, 0) is 54.6 Å². The summed E-state index contributed by atoms with van der Waals surface area (Å²) in [6, 6.07) is 20.1. The van der Waals surface area contributed by atoms with E-state index in [1.807, 2.05) is 6.07 Å². The average Bonchev–Trinajstić information content (AvgIpc) is 3.20. The van der Waals surface area contributed by atoms with Crippen LogP contribution in [0.3, 0.4) is 0 Å². The number of hydrogen-bond acceptors (Lipinski definition) is 4. The summed E-state index contributed by atoms with van der Waals surface area (Å²) in [7, 11) is -1.18. The van der Waals surface area contributed by atoms with Crippen molar-refractivity contribution in [1.29, 1.82) is 0 Å². The van der Waals surface area contributed by atoms with E-state index in [9.17, 15) is 0 Å². The van der Waals surface area contributed by atoms with Crippen LogP contribution in [0, 0.1) is 5.92 Å². The van der Waals surface area contributed by atoms with Gasteiger partial charge >= 0.3 is 7.12 Å². The minimum absolute atomic E-state index is 0.229. The fourth-order valence-corrected chi connectivity index (χ4v) is 4.24. The predicted octanol–water partition coefficient (Wildman–Crippen LogP) is 3.58. The first-order valence-corrected chi connectivity index (χ1v) is 10.6. The molecular weight excluding hydrogens is 347 g/mol. The first kappa shape index (κ1) is 21.1. The minimum Gasteiger partial charge on any atom is -0.427 e. The van der Waals surface area contributed by atoms with E-state index >= 15 is 0 Å². The smallest absolute Gasteiger partial charge is 0.427 e. The molecule has 1 fully saturated rings. The van der Waals surface area contributed by atoms with E-state index < -0.39 is 7.12 Å². The topological polar surface area (TPSA) is 78.5 Å². The third-order valence-corrected chi connectivity index (χ3v) is 5.98. The first-order chi connectivity index (χ1) is 13.6. The van der Waals surface area contributed by atoms with Crippen molar-refractivity contribution in [1.82, 2.24) is 5.32 Å².